The van der Waals surface area contributed by atoms with Crippen LogP contribution in [0.5, 0.6) is 0 Å². The number of alkyl halides is 3. The number of hydrogen-bond acceptors (Lipinski definition) is 2. The smallest absolute Gasteiger partial charge is 0.392 e. The van der Waals surface area contributed by atoms with Gasteiger partial charge in [-0.1, -0.05) is 42.3 Å². The average Bonchev–Trinajstić information content (AvgIpc) is 3.47. The van der Waals surface area contributed by atoms with Crippen LogP contribution in [0.4, 0.5) is 23.2 Å². The molecule has 2 aromatic carbocycles. The van der Waals surface area contributed by atoms with Crippen LogP contribution >= 0.6 is 23.2 Å². The first-order valence-electron chi connectivity index (χ1n) is 9.68. The van der Waals surface area contributed by atoms with Crippen LogP contribution in [0.3, 0.4) is 0 Å². The van der Waals surface area contributed by atoms with E-state index in [4.69, 9.17) is 23.2 Å². The molecule has 1 aliphatic rings. The summed E-state index contributed by atoms with van der Waals surface area (Å²) < 4.78 is 54.9. The van der Waals surface area contributed by atoms with Gasteiger partial charge in [0, 0.05) is 10.0 Å². The van der Waals surface area contributed by atoms with Crippen molar-refractivity contribution in [2.24, 2.45) is 11.3 Å². The molecule has 2 atom stereocenters. The highest BCUT2D eigenvalue weighted by atomic mass is 35.5. The zero-order chi connectivity index (χ0) is 23.8. The third kappa shape index (κ3) is 5.18. The number of carbonyl (C=O) groups excluding carboxylic acids is 1. The maximum atomic E-state index is 14.5. The molecule has 1 saturated carbocycles. The van der Waals surface area contributed by atoms with Crippen molar-refractivity contribution in [1.29, 1.82) is 0 Å². The van der Waals surface area contributed by atoms with Crippen molar-refractivity contribution < 1.29 is 32.3 Å². The zero-order valence-electron chi connectivity index (χ0n) is 16.8. The van der Waals surface area contributed by atoms with E-state index in [1.54, 1.807) is 0 Å². The second kappa shape index (κ2) is 8.90. The summed E-state index contributed by atoms with van der Waals surface area (Å²) >= 11 is 11.9. The highest BCUT2D eigenvalue weighted by molar-refractivity contribution is 6.31. The number of aliphatic carboxylic acids is 1. The highest BCUT2D eigenvalue weighted by Gasteiger charge is 2.50. The first-order chi connectivity index (χ1) is 14.8. The fraction of sp³-hybridized carbons (Fsp3) is 0.364. The Morgan fingerprint density at radius 2 is 1.75 bits per heavy atom. The molecule has 0 bridgehead atoms. The first-order valence-corrected chi connectivity index (χ1v) is 10.4. The minimum atomic E-state index is -4.69. The summed E-state index contributed by atoms with van der Waals surface area (Å²) in [6.45, 7) is 0.867. The Labute approximate surface area is 191 Å². The number of benzene rings is 2. The number of hydrogen-bond donors (Lipinski definition) is 2. The Hall–Kier alpha value is -2.32. The molecular weight excluding hydrogens is 473 g/mol. The van der Waals surface area contributed by atoms with Crippen molar-refractivity contribution in [3.63, 3.8) is 0 Å². The molecule has 0 heterocycles. The van der Waals surface area contributed by atoms with Gasteiger partial charge in [-0.05, 0) is 54.7 Å². The first kappa shape index (κ1) is 24.3. The molecule has 4 nitrogen and oxygen atoms in total. The Morgan fingerprint density at radius 1 is 1.16 bits per heavy atom. The topological polar surface area (TPSA) is 66.4 Å². The summed E-state index contributed by atoms with van der Waals surface area (Å²) in [5.41, 5.74) is -1.02. The third-order valence-electron chi connectivity index (χ3n) is 5.76. The summed E-state index contributed by atoms with van der Waals surface area (Å²) in [5, 5.41) is 11.9. The maximum absolute atomic E-state index is 14.5. The largest absolute Gasteiger partial charge is 0.481 e. The van der Waals surface area contributed by atoms with E-state index in [9.17, 15) is 32.3 Å². The number of halogens is 6. The molecule has 0 spiro atoms. The molecule has 2 aromatic rings. The van der Waals surface area contributed by atoms with Gasteiger partial charge in [0.1, 0.15) is 5.82 Å². The van der Waals surface area contributed by atoms with Crippen molar-refractivity contribution in [3.05, 3.63) is 63.4 Å². The Bertz CT molecular complexity index is 1040. The lowest BCUT2D eigenvalue weighted by molar-refractivity contribution is -0.178. The monoisotopic (exact) mass is 491 g/mol. The SMILES string of the molecule is C[C@H]([C@H](C(=O)Nc1cc(CC2(C(=O)O)CC2)c(Cl)cc1F)c1ccc(Cl)cc1)C(F)(F)F. The van der Waals surface area contributed by atoms with Crippen molar-refractivity contribution in [1.82, 2.24) is 0 Å². The fourth-order valence-corrected chi connectivity index (χ4v) is 3.89. The highest BCUT2D eigenvalue weighted by Crippen LogP contribution is 2.49. The van der Waals surface area contributed by atoms with E-state index >= 15 is 0 Å². The van der Waals surface area contributed by atoms with Crippen molar-refractivity contribution >= 4 is 40.8 Å². The van der Waals surface area contributed by atoms with Crippen LogP contribution in [0.25, 0.3) is 0 Å². The third-order valence-corrected chi connectivity index (χ3v) is 6.36. The van der Waals surface area contributed by atoms with E-state index in [0.29, 0.717) is 12.8 Å². The molecule has 2 N–H and O–H groups in total. The zero-order valence-corrected chi connectivity index (χ0v) is 18.3. The number of rotatable bonds is 7. The predicted octanol–water partition coefficient (Wildman–Crippen LogP) is 6.46. The van der Waals surface area contributed by atoms with E-state index in [-0.39, 0.29) is 33.3 Å². The molecule has 1 aliphatic carbocycles. The van der Waals surface area contributed by atoms with Gasteiger partial charge < -0.3 is 10.4 Å². The molecular formula is C22H19Cl2F4NO3. The van der Waals surface area contributed by atoms with Crippen LogP contribution in [0.2, 0.25) is 10.0 Å². The van der Waals surface area contributed by atoms with E-state index in [1.165, 1.54) is 30.3 Å². The van der Waals surface area contributed by atoms with Crippen molar-refractivity contribution in [3.8, 4) is 0 Å². The van der Waals surface area contributed by atoms with E-state index in [2.05, 4.69) is 5.32 Å². The maximum Gasteiger partial charge on any atom is 0.392 e. The summed E-state index contributed by atoms with van der Waals surface area (Å²) in [5.74, 6) is -6.75. The summed E-state index contributed by atoms with van der Waals surface area (Å²) in [7, 11) is 0. The van der Waals surface area contributed by atoms with Crippen LogP contribution in [0, 0.1) is 17.2 Å². The second-order valence-electron chi connectivity index (χ2n) is 8.03. The van der Waals surface area contributed by atoms with Gasteiger partial charge in [0.2, 0.25) is 5.91 Å². The van der Waals surface area contributed by atoms with Crippen molar-refractivity contribution in [2.45, 2.75) is 38.3 Å². The summed E-state index contributed by atoms with van der Waals surface area (Å²) in [6, 6.07) is 7.43. The predicted molar refractivity (Wildman–Crippen MR) is 112 cm³/mol. The van der Waals surface area contributed by atoms with Gasteiger partial charge >= 0.3 is 12.1 Å². The lowest BCUT2D eigenvalue weighted by Gasteiger charge is -2.26. The quantitative estimate of drug-likeness (QED) is 0.436. The Kier molecular flexibility index (Phi) is 6.77. The van der Waals surface area contributed by atoms with E-state index in [0.717, 1.165) is 13.0 Å². The van der Waals surface area contributed by atoms with Gasteiger partial charge in [-0.25, -0.2) is 4.39 Å². The minimum absolute atomic E-state index is 0.0177. The number of carboxylic acids is 1. The Balaban J connectivity index is 1.92. The van der Waals surface area contributed by atoms with Gasteiger partial charge in [0.15, 0.2) is 0 Å². The van der Waals surface area contributed by atoms with E-state index < -0.39 is 41.1 Å². The van der Waals surface area contributed by atoms with Crippen molar-refractivity contribution in [2.75, 3.05) is 5.32 Å². The second-order valence-corrected chi connectivity index (χ2v) is 8.88. The van der Waals surface area contributed by atoms with Crippen LogP contribution in [-0.2, 0) is 16.0 Å². The molecule has 3 rings (SSSR count). The van der Waals surface area contributed by atoms with Crippen LogP contribution in [0.15, 0.2) is 36.4 Å². The van der Waals surface area contributed by atoms with Gasteiger partial charge in [0.25, 0.3) is 0 Å². The molecule has 1 fully saturated rings. The lowest BCUT2D eigenvalue weighted by Crippen LogP contribution is -2.34. The van der Waals surface area contributed by atoms with Crippen LogP contribution in [0.1, 0.15) is 36.8 Å². The van der Waals surface area contributed by atoms with Crippen LogP contribution in [-0.4, -0.2) is 23.2 Å². The lowest BCUT2D eigenvalue weighted by atomic mass is 9.85. The molecule has 1 amide bonds. The number of anilines is 1. The van der Waals surface area contributed by atoms with Gasteiger partial charge in [-0.3, -0.25) is 9.59 Å². The molecule has 0 unspecified atom stereocenters. The standard InChI is InChI=1S/C22H19Cl2F4NO3/c1-11(22(26,27)28)18(12-2-4-14(23)5-3-12)19(30)29-17-8-13(15(24)9-16(17)25)10-21(6-7-21)20(31)32/h2-5,8-9,11,18H,6-7,10H2,1H3,(H,29,30)(H,31,32)/t11-,18+/m1/s1. The number of nitrogens with one attached hydrogen (secondary N) is 1. The van der Waals surface area contributed by atoms with Gasteiger partial charge in [-0.2, -0.15) is 13.2 Å². The number of carbonyl (C=O) groups is 2. The van der Waals surface area contributed by atoms with Gasteiger partial charge in [0.05, 0.1) is 22.9 Å². The summed E-state index contributed by atoms with van der Waals surface area (Å²) in [4.78, 5) is 24.4. The normalized spacial score (nSPS) is 16.8. The van der Waals surface area contributed by atoms with Gasteiger partial charge in [-0.15, -0.1) is 0 Å². The summed E-state index contributed by atoms with van der Waals surface area (Å²) in [6.07, 6.45) is -3.81. The molecule has 32 heavy (non-hydrogen) atoms. The minimum Gasteiger partial charge on any atom is -0.481 e. The molecule has 0 radical (unpaired) electrons. The molecule has 172 valence electrons. The molecule has 0 aromatic heterocycles. The number of amides is 1. The fourth-order valence-electron chi connectivity index (χ4n) is 3.54. The Morgan fingerprint density at radius 3 is 2.25 bits per heavy atom. The average molecular weight is 492 g/mol. The molecule has 10 heteroatoms. The molecule has 0 saturated heterocycles. The van der Waals surface area contributed by atoms with E-state index in [1.807, 2.05) is 0 Å². The molecule has 0 aliphatic heterocycles. The van der Waals surface area contributed by atoms with Crippen LogP contribution < -0.4 is 5.32 Å². The number of carboxylic acid groups (broad SMARTS) is 1.